The lowest BCUT2D eigenvalue weighted by atomic mass is 9.76. The molecule has 8 heteroatoms. The summed E-state index contributed by atoms with van der Waals surface area (Å²) in [6, 6.07) is 0. The van der Waals surface area contributed by atoms with E-state index in [4.69, 9.17) is 19.3 Å². The summed E-state index contributed by atoms with van der Waals surface area (Å²) >= 11 is 0. The Labute approximate surface area is 223 Å². The zero-order valence-electron chi connectivity index (χ0n) is 24.1. The summed E-state index contributed by atoms with van der Waals surface area (Å²) < 4.78 is 19.9. The topological polar surface area (TPSA) is 69.1 Å². The zero-order chi connectivity index (χ0) is 26.8. The number of hydrogen-bond acceptors (Lipinski definition) is 6. The average Bonchev–Trinajstić information content (AvgIpc) is 3.38. The Kier molecular flexibility index (Phi) is 8.41. The first-order valence-electron chi connectivity index (χ1n) is 14.0. The first kappa shape index (κ1) is 28.1. The van der Waals surface area contributed by atoms with E-state index in [2.05, 4.69) is 38.1 Å². The van der Waals surface area contributed by atoms with Gasteiger partial charge in [0, 0.05) is 45.0 Å². The molecule has 2 fully saturated rings. The fraction of sp³-hybridized carbons (Fsp3) is 0.793. The number of carbonyl (C=O) groups is 1. The van der Waals surface area contributed by atoms with E-state index in [1.54, 1.807) is 11.9 Å². The molecule has 208 valence electrons. The van der Waals surface area contributed by atoms with Crippen LogP contribution < -0.4 is 0 Å². The molecule has 3 aliphatic rings. The average molecular weight is 517 g/mol. The summed E-state index contributed by atoms with van der Waals surface area (Å²) in [4.78, 5) is 16.2. The molecular weight excluding hydrogens is 468 g/mol. The normalized spacial score (nSPS) is 25.9. The zero-order valence-corrected chi connectivity index (χ0v) is 24.1. The van der Waals surface area contributed by atoms with Gasteiger partial charge in [-0.2, -0.15) is 5.10 Å². The molecule has 0 radical (unpaired) electrons. The van der Waals surface area contributed by atoms with Gasteiger partial charge in [-0.1, -0.05) is 19.9 Å². The molecule has 1 aromatic heterocycles. The predicted octanol–water partition coefficient (Wildman–Crippen LogP) is 5.63. The van der Waals surface area contributed by atoms with Crippen LogP contribution >= 0.6 is 0 Å². The van der Waals surface area contributed by atoms with Gasteiger partial charge >= 0.3 is 6.09 Å². The summed E-state index contributed by atoms with van der Waals surface area (Å²) in [5.41, 5.74) is 3.44. The fourth-order valence-corrected chi connectivity index (χ4v) is 5.72. The molecule has 0 saturated carbocycles. The van der Waals surface area contributed by atoms with Gasteiger partial charge in [0.15, 0.2) is 0 Å². The summed E-state index contributed by atoms with van der Waals surface area (Å²) in [5.74, 6) is 0. The summed E-state index contributed by atoms with van der Waals surface area (Å²) in [6.07, 6.45) is 11.8. The number of amides is 1. The molecular formula is C29H48N4O4. The summed E-state index contributed by atoms with van der Waals surface area (Å²) in [7, 11) is 3.87. The monoisotopic (exact) mass is 516 g/mol. The minimum absolute atomic E-state index is 0.00131. The van der Waals surface area contributed by atoms with Gasteiger partial charge in [0.2, 0.25) is 0 Å². The molecule has 2 aliphatic heterocycles. The molecule has 0 N–H and O–H groups in total. The molecule has 3 heterocycles. The van der Waals surface area contributed by atoms with Crippen molar-refractivity contribution in [3.63, 3.8) is 0 Å². The lowest BCUT2D eigenvalue weighted by Gasteiger charge is -2.32. The number of likely N-dealkylation sites (N-methyl/N-ethyl adjacent to an activating group) is 2. The molecule has 1 aliphatic carbocycles. The highest BCUT2D eigenvalue weighted by atomic mass is 16.6. The van der Waals surface area contributed by atoms with Crippen molar-refractivity contribution in [2.45, 2.75) is 104 Å². The SMILES string of the molecule is CN(CCN(C)C(=O)OC(C)(C)C)Cc1nn([C@H]2CCCCO2)cc1C1=CCC2(CC1)CC(C)(C)CO2. The first-order chi connectivity index (χ1) is 17.3. The smallest absolute Gasteiger partial charge is 0.410 e. The maximum absolute atomic E-state index is 12.4. The highest BCUT2D eigenvalue weighted by Gasteiger charge is 2.45. The molecule has 0 aromatic carbocycles. The van der Waals surface area contributed by atoms with Crippen LogP contribution in [0.2, 0.25) is 0 Å². The van der Waals surface area contributed by atoms with Gasteiger partial charge in [0.25, 0.3) is 0 Å². The minimum atomic E-state index is -0.494. The molecule has 4 rings (SSSR count). The Hall–Kier alpha value is -1.90. The van der Waals surface area contributed by atoms with Gasteiger partial charge in [0.05, 0.1) is 17.9 Å². The van der Waals surface area contributed by atoms with Crippen LogP contribution in [0.25, 0.3) is 5.57 Å². The third-order valence-electron chi connectivity index (χ3n) is 7.69. The van der Waals surface area contributed by atoms with Crippen LogP contribution in [-0.2, 0) is 20.8 Å². The second-order valence-electron chi connectivity index (χ2n) is 13.2. The standard InChI is InChI=1S/C29H48N4O4/c1-27(2,3)37-26(34)32(7)16-15-31(6)19-24-23(18-33(30-24)25-10-8-9-17-35-25)22-11-13-29(14-12-22)20-28(4,5)21-36-29/h11,18,25H,8-10,12-17,19-21H2,1-7H3/t25-,29?/m1/s1. The van der Waals surface area contributed by atoms with E-state index in [0.29, 0.717) is 13.1 Å². The molecule has 8 nitrogen and oxygen atoms in total. The van der Waals surface area contributed by atoms with Crippen LogP contribution in [0, 0.1) is 5.41 Å². The summed E-state index contributed by atoms with van der Waals surface area (Å²) in [6.45, 7) is 14.0. The van der Waals surface area contributed by atoms with E-state index in [1.807, 2.05) is 25.5 Å². The van der Waals surface area contributed by atoms with Crippen LogP contribution in [0.15, 0.2) is 12.3 Å². The van der Waals surface area contributed by atoms with Crippen LogP contribution in [0.1, 0.15) is 97.0 Å². The molecule has 1 aromatic rings. The third-order valence-corrected chi connectivity index (χ3v) is 7.69. The number of nitrogens with zero attached hydrogens (tertiary/aromatic N) is 4. The van der Waals surface area contributed by atoms with Crippen LogP contribution in [0.3, 0.4) is 0 Å². The highest BCUT2D eigenvalue weighted by molar-refractivity contribution is 5.68. The van der Waals surface area contributed by atoms with Crippen molar-refractivity contribution in [2.24, 2.45) is 5.41 Å². The fourth-order valence-electron chi connectivity index (χ4n) is 5.72. The van der Waals surface area contributed by atoms with Gasteiger partial charge in [-0.3, -0.25) is 4.90 Å². The molecule has 1 spiro atoms. The van der Waals surface area contributed by atoms with Crippen LogP contribution in [-0.4, -0.2) is 77.3 Å². The predicted molar refractivity (Wildman–Crippen MR) is 145 cm³/mol. The Morgan fingerprint density at radius 3 is 2.62 bits per heavy atom. The number of carbonyl (C=O) groups excluding carboxylic acids is 1. The van der Waals surface area contributed by atoms with Crippen molar-refractivity contribution in [1.82, 2.24) is 19.6 Å². The minimum Gasteiger partial charge on any atom is -0.444 e. The molecule has 2 atom stereocenters. The van der Waals surface area contributed by atoms with Crippen molar-refractivity contribution in [3.05, 3.63) is 23.5 Å². The highest BCUT2D eigenvalue weighted by Crippen LogP contribution is 2.47. The van der Waals surface area contributed by atoms with Gasteiger partial charge in [-0.25, -0.2) is 9.48 Å². The Bertz CT molecular complexity index is 973. The van der Waals surface area contributed by atoms with E-state index in [-0.39, 0.29) is 23.3 Å². The van der Waals surface area contributed by atoms with E-state index in [1.165, 1.54) is 17.6 Å². The molecule has 0 bridgehead atoms. The number of aromatic nitrogens is 2. The quantitative estimate of drug-likeness (QED) is 0.468. The van der Waals surface area contributed by atoms with Crippen molar-refractivity contribution >= 4 is 11.7 Å². The lowest BCUT2D eigenvalue weighted by Crippen LogP contribution is -2.38. The van der Waals surface area contributed by atoms with Gasteiger partial charge in [-0.15, -0.1) is 0 Å². The molecule has 2 saturated heterocycles. The molecule has 1 unspecified atom stereocenters. The van der Waals surface area contributed by atoms with Crippen LogP contribution in [0.4, 0.5) is 4.79 Å². The number of ether oxygens (including phenoxy) is 3. The summed E-state index contributed by atoms with van der Waals surface area (Å²) in [5, 5.41) is 5.04. The van der Waals surface area contributed by atoms with E-state index >= 15 is 0 Å². The second-order valence-corrected chi connectivity index (χ2v) is 13.2. The second kappa shape index (κ2) is 11.1. The number of allylic oxidation sites excluding steroid dienone is 1. The Balaban J connectivity index is 1.45. The van der Waals surface area contributed by atoms with Crippen molar-refractivity contribution in [3.8, 4) is 0 Å². The van der Waals surface area contributed by atoms with Crippen LogP contribution in [0.5, 0.6) is 0 Å². The maximum atomic E-state index is 12.4. The number of hydrogen-bond donors (Lipinski definition) is 0. The van der Waals surface area contributed by atoms with Crippen molar-refractivity contribution < 1.29 is 19.0 Å². The van der Waals surface area contributed by atoms with Crippen molar-refractivity contribution in [2.75, 3.05) is 40.4 Å². The van der Waals surface area contributed by atoms with E-state index in [0.717, 1.165) is 64.0 Å². The largest absolute Gasteiger partial charge is 0.444 e. The molecule has 37 heavy (non-hydrogen) atoms. The van der Waals surface area contributed by atoms with Gasteiger partial charge in [-0.05, 0) is 83.8 Å². The van der Waals surface area contributed by atoms with E-state index in [9.17, 15) is 4.79 Å². The van der Waals surface area contributed by atoms with Gasteiger partial charge in [0.1, 0.15) is 11.8 Å². The maximum Gasteiger partial charge on any atom is 0.410 e. The van der Waals surface area contributed by atoms with E-state index < -0.39 is 5.60 Å². The van der Waals surface area contributed by atoms with Gasteiger partial charge < -0.3 is 19.1 Å². The first-order valence-corrected chi connectivity index (χ1v) is 14.0. The van der Waals surface area contributed by atoms with Crippen molar-refractivity contribution in [1.29, 1.82) is 0 Å². The Morgan fingerprint density at radius 2 is 2.03 bits per heavy atom. The Morgan fingerprint density at radius 1 is 1.24 bits per heavy atom. The molecule has 1 amide bonds. The third kappa shape index (κ3) is 7.36. The number of rotatable bonds is 7. The lowest BCUT2D eigenvalue weighted by molar-refractivity contribution is -0.0398.